The summed E-state index contributed by atoms with van der Waals surface area (Å²) in [5, 5.41) is 2.88. The van der Waals surface area contributed by atoms with E-state index >= 15 is 0 Å². The van der Waals surface area contributed by atoms with E-state index in [1.165, 1.54) is 38.5 Å². The summed E-state index contributed by atoms with van der Waals surface area (Å²) < 4.78 is 0. The van der Waals surface area contributed by atoms with Gasteiger partial charge in [-0.15, -0.1) is 0 Å². The molecule has 0 atom stereocenters. The second-order valence-corrected chi connectivity index (χ2v) is 5.55. The van der Waals surface area contributed by atoms with Gasteiger partial charge in [0.1, 0.15) is 5.82 Å². The molecule has 1 amide bonds. The van der Waals surface area contributed by atoms with Crippen molar-refractivity contribution in [3.8, 4) is 11.8 Å². The summed E-state index contributed by atoms with van der Waals surface area (Å²) in [7, 11) is 0. The fourth-order valence-electron chi connectivity index (χ4n) is 2.75. The van der Waals surface area contributed by atoms with Gasteiger partial charge in [0, 0.05) is 18.2 Å². The first-order valence-corrected chi connectivity index (χ1v) is 7.73. The first-order valence-electron chi connectivity index (χ1n) is 7.73. The molecule has 0 aliphatic heterocycles. The largest absolute Gasteiger partial charge is 0.320 e. The van der Waals surface area contributed by atoms with Gasteiger partial charge in [0.15, 0.2) is 0 Å². The van der Waals surface area contributed by atoms with Crippen molar-refractivity contribution in [3.63, 3.8) is 0 Å². The summed E-state index contributed by atoms with van der Waals surface area (Å²) in [6.07, 6.45) is 9.71. The summed E-state index contributed by atoms with van der Waals surface area (Å²) in [5.41, 5.74) is 6.17. The van der Waals surface area contributed by atoms with Crippen LogP contribution >= 0.6 is 0 Å². The highest BCUT2D eigenvalue weighted by atomic mass is 16.1. The van der Waals surface area contributed by atoms with Crippen LogP contribution in [0, 0.1) is 17.8 Å². The maximum Gasteiger partial charge on any atom is 0.225 e. The highest BCUT2D eigenvalue weighted by Crippen LogP contribution is 2.25. The van der Waals surface area contributed by atoms with Gasteiger partial charge in [-0.25, -0.2) is 4.98 Å². The average Bonchev–Trinajstić information content (AvgIpc) is 2.74. The third-order valence-electron chi connectivity index (χ3n) is 3.81. The van der Waals surface area contributed by atoms with E-state index in [2.05, 4.69) is 22.1 Å². The topological polar surface area (TPSA) is 68.0 Å². The molecule has 1 heterocycles. The van der Waals surface area contributed by atoms with E-state index < -0.39 is 0 Å². The molecule has 0 aromatic carbocycles. The molecule has 1 aliphatic rings. The highest BCUT2D eigenvalue weighted by molar-refractivity contribution is 5.90. The maximum absolute atomic E-state index is 12.1. The van der Waals surface area contributed by atoms with Crippen molar-refractivity contribution in [2.75, 3.05) is 11.9 Å². The molecule has 1 fully saturated rings. The molecule has 4 heteroatoms. The molecule has 112 valence electrons. The zero-order valence-electron chi connectivity index (χ0n) is 12.4. The molecule has 3 N–H and O–H groups in total. The molecule has 1 aliphatic carbocycles. The van der Waals surface area contributed by atoms with E-state index in [0.29, 0.717) is 24.7 Å². The molecule has 0 radical (unpaired) electrons. The predicted octanol–water partition coefficient (Wildman–Crippen LogP) is 2.69. The second-order valence-electron chi connectivity index (χ2n) is 5.55. The number of hydrogen-bond acceptors (Lipinski definition) is 3. The average molecular weight is 285 g/mol. The number of hydrogen-bond donors (Lipinski definition) is 2. The Bertz CT molecular complexity index is 522. The Hall–Kier alpha value is -1.86. The van der Waals surface area contributed by atoms with Crippen molar-refractivity contribution in [3.05, 3.63) is 23.9 Å². The van der Waals surface area contributed by atoms with Crippen LogP contribution in [0.2, 0.25) is 0 Å². The molecule has 4 nitrogen and oxygen atoms in total. The molecule has 1 aromatic heterocycles. The Kier molecular flexibility index (Phi) is 6.23. The lowest BCUT2D eigenvalue weighted by Crippen LogP contribution is -2.17. The van der Waals surface area contributed by atoms with Crippen LogP contribution in [0.3, 0.4) is 0 Å². The van der Waals surface area contributed by atoms with Gasteiger partial charge in [-0.1, -0.05) is 37.5 Å². The zero-order chi connectivity index (χ0) is 14.9. The SMILES string of the molecule is NCC#Cc1ccnc(NC(=O)CC2CCCCCC2)c1. The number of aromatic nitrogens is 1. The Morgan fingerprint density at radius 1 is 1.33 bits per heavy atom. The third kappa shape index (κ3) is 5.57. The number of pyridine rings is 1. The number of nitrogens with two attached hydrogens (primary N) is 1. The quantitative estimate of drug-likeness (QED) is 0.662. The standard InChI is InChI=1S/C17H23N3O/c18-10-5-8-15-9-11-19-16(12-15)20-17(21)13-14-6-3-1-2-4-7-14/h9,11-12,14H,1-4,6-7,10,13,18H2,(H,19,20,21). The van der Waals surface area contributed by atoms with Gasteiger partial charge in [-0.2, -0.15) is 0 Å². The predicted molar refractivity (Wildman–Crippen MR) is 84.6 cm³/mol. The fourth-order valence-corrected chi connectivity index (χ4v) is 2.75. The van der Waals surface area contributed by atoms with E-state index in [1.54, 1.807) is 12.3 Å². The van der Waals surface area contributed by atoms with Crippen LogP contribution in [0.1, 0.15) is 50.5 Å². The van der Waals surface area contributed by atoms with Crippen molar-refractivity contribution < 1.29 is 4.79 Å². The van der Waals surface area contributed by atoms with E-state index in [-0.39, 0.29) is 5.91 Å². The number of rotatable bonds is 3. The van der Waals surface area contributed by atoms with E-state index in [1.807, 2.05) is 6.07 Å². The molecule has 21 heavy (non-hydrogen) atoms. The maximum atomic E-state index is 12.1. The number of carbonyl (C=O) groups excluding carboxylic acids is 1. The zero-order valence-corrected chi connectivity index (χ0v) is 12.4. The summed E-state index contributed by atoms with van der Waals surface area (Å²) in [4.78, 5) is 16.3. The van der Waals surface area contributed by atoms with Crippen molar-refractivity contribution in [2.24, 2.45) is 11.7 Å². The van der Waals surface area contributed by atoms with Crippen molar-refractivity contribution in [2.45, 2.75) is 44.9 Å². The number of anilines is 1. The van der Waals surface area contributed by atoms with E-state index in [9.17, 15) is 4.79 Å². The molecule has 0 saturated heterocycles. The lowest BCUT2D eigenvalue weighted by molar-refractivity contribution is -0.117. The fraction of sp³-hybridized carbons (Fsp3) is 0.529. The molecule has 1 saturated carbocycles. The lowest BCUT2D eigenvalue weighted by atomic mass is 9.96. The van der Waals surface area contributed by atoms with Crippen molar-refractivity contribution in [1.29, 1.82) is 0 Å². The van der Waals surface area contributed by atoms with Crippen LogP contribution in [-0.4, -0.2) is 17.4 Å². The lowest BCUT2D eigenvalue weighted by Gasteiger charge is -2.13. The smallest absolute Gasteiger partial charge is 0.225 e. The Balaban J connectivity index is 1.89. The minimum absolute atomic E-state index is 0.0540. The van der Waals surface area contributed by atoms with E-state index in [4.69, 9.17) is 5.73 Å². The molecule has 1 aromatic rings. The first kappa shape index (κ1) is 15.5. The summed E-state index contributed by atoms with van der Waals surface area (Å²) in [5.74, 6) is 6.88. The monoisotopic (exact) mass is 285 g/mol. The molecular formula is C17H23N3O. The first-order chi connectivity index (χ1) is 10.3. The van der Waals surface area contributed by atoms with E-state index in [0.717, 1.165) is 5.56 Å². The Morgan fingerprint density at radius 3 is 2.81 bits per heavy atom. The highest BCUT2D eigenvalue weighted by Gasteiger charge is 2.16. The summed E-state index contributed by atoms with van der Waals surface area (Å²) in [6.45, 7) is 0.325. The molecule has 0 spiro atoms. The Labute approximate surface area is 126 Å². The van der Waals surface area contributed by atoms with Gasteiger partial charge in [-0.05, 0) is 30.9 Å². The number of carbonyl (C=O) groups is 1. The molecular weight excluding hydrogens is 262 g/mol. The van der Waals surface area contributed by atoms with Gasteiger partial charge in [0.25, 0.3) is 0 Å². The van der Waals surface area contributed by atoms with Gasteiger partial charge in [0.05, 0.1) is 6.54 Å². The summed E-state index contributed by atoms with van der Waals surface area (Å²) >= 11 is 0. The number of nitrogens with zero attached hydrogens (tertiary/aromatic N) is 1. The van der Waals surface area contributed by atoms with Gasteiger partial charge in [-0.3, -0.25) is 4.79 Å². The number of amides is 1. The molecule has 0 unspecified atom stereocenters. The van der Waals surface area contributed by atoms with Crippen LogP contribution in [-0.2, 0) is 4.79 Å². The van der Waals surface area contributed by atoms with Crippen LogP contribution in [0.4, 0.5) is 5.82 Å². The van der Waals surface area contributed by atoms with Gasteiger partial charge >= 0.3 is 0 Å². The number of nitrogens with one attached hydrogen (secondary N) is 1. The third-order valence-corrected chi connectivity index (χ3v) is 3.81. The second kappa shape index (κ2) is 8.43. The van der Waals surface area contributed by atoms with Crippen molar-refractivity contribution >= 4 is 11.7 Å². The van der Waals surface area contributed by atoms with Gasteiger partial charge in [0.2, 0.25) is 5.91 Å². The van der Waals surface area contributed by atoms with Crippen LogP contribution < -0.4 is 11.1 Å². The van der Waals surface area contributed by atoms with Crippen LogP contribution in [0.5, 0.6) is 0 Å². The normalized spacial score (nSPS) is 15.7. The molecule has 0 bridgehead atoms. The minimum atomic E-state index is 0.0540. The minimum Gasteiger partial charge on any atom is -0.320 e. The van der Waals surface area contributed by atoms with Gasteiger partial charge < -0.3 is 11.1 Å². The van der Waals surface area contributed by atoms with Crippen LogP contribution in [0.15, 0.2) is 18.3 Å². The summed E-state index contributed by atoms with van der Waals surface area (Å²) in [6, 6.07) is 3.59. The molecule has 2 rings (SSSR count). The van der Waals surface area contributed by atoms with Crippen molar-refractivity contribution in [1.82, 2.24) is 4.98 Å². The Morgan fingerprint density at radius 2 is 2.10 bits per heavy atom. The van der Waals surface area contributed by atoms with Crippen LogP contribution in [0.25, 0.3) is 0 Å².